The Bertz CT molecular complexity index is 644. The largest absolute Gasteiger partial charge is 0.331 e. The molecule has 108 valence electrons. The first kappa shape index (κ1) is 13.4. The van der Waals surface area contributed by atoms with Gasteiger partial charge in [-0.2, -0.15) is 0 Å². The Morgan fingerprint density at radius 2 is 1.50 bits per heavy atom. The lowest BCUT2D eigenvalue weighted by atomic mass is 10.1. The predicted molar refractivity (Wildman–Crippen MR) is 67.2 cm³/mol. The van der Waals surface area contributed by atoms with E-state index in [-0.39, 0.29) is 10.9 Å². The molecule has 0 spiro atoms. The van der Waals surface area contributed by atoms with Gasteiger partial charge in [0.25, 0.3) is 0 Å². The molecule has 1 aromatic carbocycles. The minimum absolute atomic E-state index is 0.216. The first-order chi connectivity index (χ1) is 9.59. The summed E-state index contributed by atoms with van der Waals surface area (Å²) < 4.78 is 55.4. The van der Waals surface area contributed by atoms with E-state index in [1.54, 1.807) is 0 Å². The van der Waals surface area contributed by atoms with Crippen LogP contribution in [-0.4, -0.2) is 22.6 Å². The third kappa shape index (κ3) is 2.08. The fourth-order valence-electron chi connectivity index (χ4n) is 2.74. The molecule has 20 heavy (non-hydrogen) atoms. The summed E-state index contributed by atoms with van der Waals surface area (Å²) in [5.41, 5.74) is -0.216. The van der Waals surface area contributed by atoms with Crippen molar-refractivity contribution in [3.05, 3.63) is 35.5 Å². The van der Waals surface area contributed by atoms with Crippen molar-refractivity contribution in [1.82, 2.24) is 9.47 Å². The molecule has 0 unspecified atom stereocenters. The molecule has 0 bridgehead atoms. The van der Waals surface area contributed by atoms with Crippen LogP contribution in [0, 0.1) is 23.3 Å². The SMILES string of the molecule is Fc1c(F)c(F)c2c(ccn2CN2CCCCC2)c1F. The summed E-state index contributed by atoms with van der Waals surface area (Å²) in [6.45, 7) is 2.09. The van der Waals surface area contributed by atoms with Crippen LogP contribution >= 0.6 is 0 Å². The number of likely N-dealkylation sites (tertiary alicyclic amines) is 1. The number of benzene rings is 1. The monoisotopic (exact) mass is 286 g/mol. The summed E-state index contributed by atoms with van der Waals surface area (Å²) >= 11 is 0. The van der Waals surface area contributed by atoms with Crippen LogP contribution in [0.4, 0.5) is 17.6 Å². The van der Waals surface area contributed by atoms with Crippen molar-refractivity contribution in [2.24, 2.45) is 0 Å². The van der Waals surface area contributed by atoms with Gasteiger partial charge < -0.3 is 4.57 Å². The fraction of sp³-hybridized carbons (Fsp3) is 0.429. The molecule has 0 saturated carbocycles. The quantitative estimate of drug-likeness (QED) is 0.465. The molecule has 3 rings (SSSR count). The van der Waals surface area contributed by atoms with E-state index in [4.69, 9.17) is 0 Å². The predicted octanol–water partition coefficient (Wildman–Crippen LogP) is 3.64. The molecule has 0 amide bonds. The Labute approximate surface area is 113 Å². The van der Waals surface area contributed by atoms with E-state index >= 15 is 0 Å². The number of hydrogen-bond donors (Lipinski definition) is 0. The van der Waals surface area contributed by atoms with Crippen LogP contribution in [0.5, 0.6) is 0 Å². The highest BCUT2D eigenvalue weighted by atomic mass is 19.2. The Kier molecular flexibility index (Phi) is 3.41. The zero-order valence-corrected chi connectivity index (χ0v) is 10.8. The number of nitrogens with zero attached hydrogens (tertiary/aromatic N) is 2. The molecular formula is C14H14F4N2. The minimum atomic E-state index is -1.76. The molecule has 0 radical (unpaired) electrons. The molecule has 0 atom stereocenters. The van der Waals surface area contributed by atoms with Crippen molar-refractivity contribution in [2.45, 2.75) is 25.9 Å². The number of aromatic nitrogens is 1. The van der Waals surface area contributed by atoms with Gasteiger partial charge in [0, 0.05) is 11.6 Å². The maximum Gasteiger partial charge on any atom is 0.199 e. The average Bonchev–Trinajstić information content (AvgIpc) is 2.88. The Morgan fingerprint density at radius 1 is 0.850 bits per heavy atom. The lowest BCUT2D eigenvalue weighted by Gasteiger charge is -2.27. The average molecular weight is 286 g/mol. The maximum atomic E-state index is 13.9. The summed E-state index contributed by atoms with van der Waals surface area (Å²) in [5, 5.41) is -0.224. The van der Waals surface area contributed by atoms with Gasteiger partial charge >= 0.3 is 0 Å². The van der Waals surface area contributed by atoms with Crippen molar-refractivity contribution < 1.29 is 17.6 Å². The highest BCUT2D eigenvalue weighted by Crippen LogP contribution is 2.28. The second kappa shape index (κ2) is 5.09. The first-order valence-corrected chi connectivity index (χ1v) is 6.62. The summed E-state index contributed by atoms with van der Waals surface area (Å²) in [4.78, 5) is 2.08. The van der Waals surface area contributed by atoms with E-state index in [9.17, 15) is 17.6 Å². The number of rotatable bonds is 2. The second-order valence-corrected chi connectivity index (χ2v) is 5.12. The van der Waals surface area contributed by atoms with E-state index in [0.717, 1.165) is 32.4 Å². The smallest absolute Gasteiger partial charge is 0.199 e. The standard InChI is InChI=1S/C14H14F4N2/c15-10-9-4-7-20(8-19-5-2-1-3-6-19)14(9)13(18)12(17)11(10)16/h4,7H,1-3,5-6,8H2. The van der Waals surface area contributed by atoms with Crippen molar-refractivity contribution >= 4 is 10.9 Å². The van der Waals surface area contributed by atoms with E-state index in [1.165, 1.54) is 16.8 Å². The topological polar surface area (TPSA) is 8.17 Å². The first-order valence-electron chi connectivity index (χ1n) is 6.62. The third-order valence-electron chi connectivity index (χ3n) is 3.79. The summed E-state index contributed by atoms with van der Waals surface area (Å²) in [6, 6.07) is 1.28. The van der Waals surface area contributed by atoms with Gasteiger partial charge in [-0.3, -0.25) is 4.90 Å². The van der Waals surface area contributed by atoms with Gasteiger partial charge in [0.2, 0.25) is 0 Å². The lowest BCUT2D eigenvalue weighted by Crippen LogP contribution is -2.31. The van der Waals surface area contributed by atoms with Gasteiger partial charge in [-0.1, -0.05) is 6.42 Å². The molecule has 0 aliphatic carbocycles. The van der Waals surface area contributed by atoms with Crippen LogP contribution in [0.15, 0.2) is 12.3 Å². The highest BCUT2D eigenvalue weighted by molar-refractivity contribution is 5.81. The zero-order chi connectivity index (χ0) is 14.3. The van der Waals surface area contributed by atoms with Crippen LogP contribution < -0.4 is 0 Å². The van der Waals surface area contributed by atoms with Gasteiger partial charge in [0.05, 0.1) is 12.2 Å². The normalized spacial score (nSPS) is 17.0. The third-order valence-corrected chi connectivity index (χ3v) is 3.79. The van der Waals surface area contributed by atoms with Crippen molar-refractivity contribution in [2.75, 3.05) is 13.1 Å². The van der Waals surface area contributed by atoms with Crippen molar-refractivity contribution in [3.8, 4) is 0 Å². The fourth-order valence-corrected chi connectivity index (χ4v) is 2.74. The molecule has 6 heteroatoms. The molecule has 2 nitrogen and oxygen atoms in total. The molecule has 2 aromatic rings. The van der Waals surface area contributed by atoms with Crippen LogP contribution in [0.25, 0.3) is 10.9 Å². The van der Waals surface area contributed by atoms with Crippen LogP contribution in [0.2, 0.25) is 0 Å². The van der Waals surface area contributed by atoms with Gasteiger partial charge in [0.1, 0.15) is 0 Å². The molecule has 1 aliphatic heterocycles. The summed E-state index contributed by atoms with van der Waals surface area (Å²) in [7, 11) is 0. The van der Waals surface area contributed by atoms with E-state index in [1.807, 2.05) is 0 Å². The summed E-state index contributed by atoms with van der Waals surface area (Å²) in [5.74, 6) is -6.18. The Morgan fingerprint density at radius 3 is 2.20 bits per heavy atom. The molecular weight excluding hydrogens is 272 g/mol. The molecule has 2 heterocycles. The maximum absolute atomic E-state index is 13.9. The number of hydrogen-bond acceptors (Lipinski definition) is 1. The molecule has 1 aromatic heterocycles. The highest BCUT2D eigenvalue weighted by Gasteiger charge is 2.23. The molecule has 1 aliphatic rings. The van der Waals surface area contributed by atoms with Gasteiger partial charge in [0.15, 0.2) is 23.3 Å². The van der Waals surface area contributed by atoms with Gasteiger partial charge in [-0.05, 0) is 32.0 Å². The van der Waals surface area contributed by atoms with Crippen LogP contribution in [0.1, 0.15) is 19.3 Å². The van der Waals surface area contributed by atoms with E-state index in [0.29, 0.717) is 6.67 Å². The number of piperidine rings is 1. The minimum Gasteiger partial charge on any atom is -0.331 e. The summed E-state index contributed by atoms with van der Waals surface area (Å²) in [6.07, 6.45) is 4.73. The van der Waals surface area contributed by atoms with Crippen molar-refractivity contribution in [1.29, 1.82) is 0 Å². The molecule has 1 fully saturated rings. The molecule has 0 N–H and O–H groups in total. The van der Waals surface area contributed by atoms with Crippen LogP contribution in [0.3, 0.4) is 0 Å². The van der Waals surface area contributed by atoms with Gasteiger partial charge in [-0.25, -0.2) is 17.6 Å². The Hall–Kier alpha value is -1.56. The van der Waals surface area contributed by atoms with E-state index < -0.39 is 23.3 Å². The molecule has 1 saturated heterocycles. The number of halogens is 4. The van der Waals surface area contributed by atoms with Gasteiger partial charge in [-0.15, -0.1) is 0 Å². The second-order valence-electron chi connectivity index (χ2n) is 5.12. The number of fused-ring (bicyclic) bond motifs is 1. The Balaban J connectivity index is 2.04. The lowest BCUT2D eigenvalue weighted by molar-refractivity contribution is 0.184. The van der Waals surface area contributed by atoms with E-state index in [2.05, 4.69) is 4.90 Å². The zero-order valence-electron chi connectivity index (χ0n) is 10.8. The van der Waals surface area contributed by atoms with Crippen LogP contribution in [-0.2, 0) is 6.67 Å². The van der Waals surface area contributed by atoms with Crippen molar-refractivity contribution in [3.63, 3.8) is 0 Å².